The molecule has 0 amide bonds. The van der Waals surface area contributed by atoms with E-state index in [-0.39, 0.29) is 17.9 Å². The molecule has 0 unspecified atom stereocenters. The molecule has 1 aromatic carbocycles. The van der Waals surface area contributed by atoms with Crippen molar-refractivity contribution < 1.29 is 14.6 Å². The van der Waals surface area contributed by atoms with E-state index >= 15 is 0 Å². The van der Waals surface area contributed by atoms with Crippen LogP contribution < -0.4 is 10.5 Å². The number of rotatable bonds is 4. The average molecular weight is 249 g/mol. The predicted octanol–water partition coefficient (Wildman–Crippen LogP) is 0.0695. The first-order valence-electron chi connectivity index (χ1n) is 5.05. The van der Waals surface area contributed by atoms with Crippen LogP contribution in [0.15, 0.2) is 18.2 Å². The van der Waals surface area contributed by atoms with E-state index in [9.17, 15) is 4.79 Å². The molecule has 3 N–H and O–H groups in total. The van der Waals surface area contributed by atoms with Crippen LogP contribution >= 0.6 is 0 Å². The first-order chi connectivity index (χ1) is 8.56. The van der Waals surface area contributed by atoms with E-state index in [2.05, 4.69) is 15.4 Å². The fourth-order valence-electron chi connectivity index (χ4n) is 1.36. The van der Waals surface area contributed by atoms with Crippen LogP contribution in [0.25, 0.3) is 0 Å². The molecule has 0 saturated heterocycles. The second-order valence-corrected chi connectivity index (χ2v) is 3.54. The zero-order valence-corrected chi connectivity index (χ0v) is 9.57. The van der Waals surface area contributed by atoms with Gasteiger partial charge in [-0.1, -0.05) is 0 Å². The molecule has 0 atom stereocenters. The third-order valence-corrected chi connectivity index (χ3v) is 2.14. The molecule has 2 aromatic rings. The zero-order chi connectivity index (χ0) is 13.1. The lowest BCUT2D eigenvalue weighted by Crippen LogP contribution is -2.05. The highest BCUT2D eigenvalue weighted by molar-refractivity contribution is 5.92. The standard InChI is InChI=1S/C10H11N5O3/c1-15-13-9(12-14-15)5-18-8-3-2-6(11)4-7(8)10(16)17/h2-4H,5,11H2,1H3,(H,16,17). The number of aromatic carboxylic acids is 1. The number of tetrazole rings is 1. The molecule has 1 aromatic heterocycles. The molecule has 94 valence electrons. The summed E-state index contributed by atoms with van der Waals surface area (Å²) in [5.41, 5.74) is 5.88. The second kappa shape index (κ2) is 4.70. The molecule has 18 heavy (non-hydrogen) atoms. The maximum absolute atomic E-state index is 11.0. The molecule has 8 heteroatoms. The number of nitrogen functional groups attached to an aromatic ring is 1. The van der Waals surface area contributed by atoms with Crippen LogP contribution in [0.5, 0.6) is 5.75 Å². The van der Waals surface area contributed by atoms with Crippen molar-refractivity contribution >= 4 is 11.7 Å². The summed E-state index contributed by atoms with van der Waals surface area (Å²) in [5.74, 6) is -0.528. The fourth-order valence-corrected chi connectivity index (χ4v) is 1.36. The normalized spacial score (nSPS) is 10.3. The van der Waals surface area contributed by atoms with Gasteiger partial charge in [-0.3, -0.25) is 0 Å². The van der Waals surface area contributed by atoms with E-state index in [4.69, 9.17) is 15.6 Å². The fraction of sp³-hybridized carbons (Fsp3) is 0.200. The zero-order valence-electron chi connectivity index (χ0n) is 9.57. The number of aryl methyl sites for hydroxylation is 1. The van der Waals surface area contributed by atoms with Crippen LogP contribution in [-0.4, -0.2) is 31.3 Å². The number of nitrogens with two attached hydrogens (primary N) is 1. The molecule has 2 rings (SSSR count). The van der Waals surface area contributed by atoms with Gasteiger partial charge in [0.25, 0.3) is 0 Å². The number of hydrogen-bond acceptors (Lipinski definition) is 6. The van der Waals surface area contributed by atoms with Crippen LogP contribution in [-0.2, 0) is 13.7 Å². The summed E-state index contributed by atoms with van der Waals surface area (Å²) in [6.07, 6.45) is 0. The number of nitrogens with zero attached hydrogens (tertiary/aromatic N) is 4. The summed E-state index contributed by atoms with van der Waals surface area (Å²) >= 11 is 0. The third-order valence-electron chi connectivity index (χ3n) is 2.14. The van der Waals surface area contributed by atoms with Crippen molar-refractivity contribution in [1.29, 1.82) is 0 Å². The number of benzene rings is 1. The molecule has 0 spiro atoms. The van der Waals surface area contributed by atoms with Crippen molar-refractivity contribution in [1.82, 2.24) is 20.2 Å². The Bertz CT molecular complexity index is 581. The van der Waals surface area contributed by atoms with Crippen LogP contribution in [0, 0.1) is 0 Å². The lowest BCUT2D eigenvalue weighted by molar-refractivity contribution is 0.0691. The molecular formula is C10H11N5O3. The maximum Gasteiger partial charge on any atom is 0.339 e. The summed E-state index contributed by atoms with van der Waals surface area (Å²) < 4.78 is 5.34. The van der Waals surface area contributed by atoms with Crippen molar-refractivity contribution in [2.24, 2.45) is 7.05 Å². The first kappa shape index (κ1) is 11.8. The topological polar surface area (TPSA) is 116 Å². The SMILES string of the molecule is Cn1nnc(COc2ccc(N)cc2C(=O)O)n1. The molecule has 0 saturated carbocycles. The van der Waals surface area contributed by atoms with Crippen LogP contribution in [0.4, 0.5) is 5.69 Å². The number of carboxylic acid groups (broad SMARTS) is 1. The summed E-state index contributed by atoms with van der Waals surface area (Å²) in [7, 11) is 1.63. The van der Waals surface area contributed by atoms with E-state index in [0.717, 1.165) is 0 Å². The lowest BCUT2D eigenvalue weighted by Gasteiger charge is -2.07. The highest BCUT2D eigenvalue weighted by Crippen LogP contribution is 2.22. The Hall–Kier alpha value is -2.64. The minimum Gasteiger partial charge on any atom is -0.485 e. The Morgan fingerprint density at radius 3 is 2.94 bits per heavy atom. The summed E-state index contributed by atoms with van der Waals surface area (Å²) in [6.45, 7) is 0.0397. The van der Waals surface area contributed by atoms with Gasteiger partial charge in [-0.15, -0.1) is 10.2 Å². The van der Waals surface area contributed by atoms with E-state index in [1.807, 2.05) is 0 Å². The van der Waals surface area contributed by atoms with Crippen molar-refractivity contribution in [3.05, 3.63) is 29.6 Å². The monoisotopic (exact) mass is 249 g/mol. The number of anilines is 1. The van der Waals surface area contributed by atoms with E-state index in [1.165, 1.54) is 16.9 Å². The van der Waals surface area contributed by atoms with Gasteiger partial charge in [0, 0.05) is 5.69 Å². The third kappa shape index (κ3) is 2.54. The van der Waals surface area contributed by atoms with Gasteiger partial charge in [0.15, 0.2) is 6.61 Å². The van der Waals surface area contributed by atoms with Gasteiger partial charge in [0.2, 0.25) is 5.82 Å². The van der Waals surface area contributed by atoms with Gasteiger partial charge in [-0.2, -0.15) is 4.80 Å². The Balaban J connectivity index is 2.16. The van der Waals surface area contributed by atoms with Gasteiger partial charge in [-0.25, -0.2) is 4.79 Å². The maximum atomic E-state index is 11.0. The second-order valence-electron chi connectivity index (χ2n) is 3.54. The van der Waals surface area contributed by atoms with Gasteiger partial charge in [0.05, 0.1) is 7.05 Å². The largest absolute Gasteiger partial charge is 0.485 e. The van der Waals surface area contributed by atoms with Crippen molar-refractivity contribution in [2.45, 2.75) is 6.61 Å². The number of aromatic nitrogens is 4. The van der Waals surface area contributed by atoms with E-state index in [0.29, 0.717) is 11.5 Å². The smallest absolute Gasteiger partial charge is 0.339 e. The molecule has 0 aliphatic heterocycles. The molecule has 0 aliphatic rings. The summed E-state index contributed by atoms with van der Waals surface area (Å²) in [6, 6.07) is 4.39. The van der Waals surface area contributed by atoms with Crippen molar-refractivity contribution in [2.75, 3.05) is 5.73 Å². The van der Waals surface area contributed by atoms with E-state index in [1.54, 1.807) is 13.1 Å². The van der Waals surface area contributed by atoms with Crippen molar-refractivity contribution in [3.8, 4) is 5.75 Å². The number of carboxylic acids is 1. The number of hydrogen-bond donors (Lipinski definition) is 2. The Kier molecular flexibility index (Phi) is 3.09. The van der Waals surface area contributed by atoms with Crippen LogP contribution in [0.1, 0.15) is 16.2 Å². The summed E-state index contributed by atoms with van der Waals surface area (Å²) in [4.78, 5) is 12.3. The Morgan fingerprint density at radius 1 is 1.56 bits per heavy atom. The number of carbonyl (C=O) groups is 1. The minimum absolute atomic E-state index is 0.00103. The molecule has 1 heterocycles. The highest BCUT2D eigenvalue weighted by Gasteiger charge is 2.12. The molecule has 0 bridgehead atoms. The van der Waals surface area contributed by atoms with Gasteiger partial charge in [-0.05, 0) is 23.4 Å². The molecular weight excluding hydrogens is 238 g/mol. The number of ether oxygens (including phenoxy) is 1. The summed E-state index contributed by atoms with van der Waals surface area (Å²) in [5, 5.41) is 20.3. The highest BCUT2D eigenvalue weighted by atomic mass is 16.5. The van der Waals surface area contributed by atoms with Gasteiger partial charge in [0.1, 0.15) is 11.3 Å². The Labute approximate surface area is 102 Å². The molecule has 8 nitrogen and oxygen atoms in total. The van der Waals surface area contributed by atoms with Gasteiger partial charge >= 0.3 is 5.97 Å². The first-order valence-corrected chi connectivity index (χ1v) is 5.05. The predicted molar refractivity (Wildman–Crippen MR) is 60.9 cm³/mol. The quantitative estimate of drug-likeness (QED) is 0.736. The van der Waals surface area contributed by atoms with Crippen LogP contribution in [0.3, 0.4) is 0 Å². The van der Waals surface area contributed by atoms with E-state index < -0.39 is 5.97 Å². The minimum atomic E-state index is -1.11. The Morgan fingerprint density at radius 2 is 2.33 bits per heavy atom. The molecule has 0 aliphatic carbocycles. The van der Waals surface area contributed by atoms with Gasteiger partial charge < -0.3 is 15.6 Å². The molecule has 0 fully saturated rings. The van der Waals surface area contributed by atoms with Crippen molar-refractivity contribution in [3.63, 3.8) is 0 Å². The molecule has 0 radical (unpaired) electrons. The lowest BCUT2D eigenvalue weighted by atomic mass is 10.2. The average Bonchev–Trinajstić information content (AvgIpc) is 2.73. The van der Waals surface area contributed by atoms with Crippen LogP contribution in [0.2, 0.25) is 0 Å².